The van der Waals surface area contributed by atoms with E-state index in [4.69, 9.17) is 14.2 Å². The van der Waals surface area contributed by atoms with E-state index in [0.29, 0.717) is 17.2 Å². The van der Waals surface area contributed by atoms with E-state index in [0.717, 1.165) is 18.7 Å². The fourth-order valence-electron chi connectivity index (χ4n) is 1.79. The lowest BCUT2D eigenvalue weighted by Crippen LogP contribution is -2.03. The Morgan fingerprint density at radius 2 is 1.56 bits per heavy atom. The molecule has 0 heterocycles. The lowest BCUT2D eigenvalue weighted by atomic mass is 10.2. The van der Waals surface area contributed by atoms with Gasteiger partial charge in [-0.3, -0.25) is 0 Å². The normalized spacial score (nSPS) is 10.0. The minimum Gasteiger partial charge on any atom is -0.493 e. The largest absolute Gasteiger partial charge is 0.493 e. The van der Waals surface area contributed by atoms with Crippen LogP contribution in [0.5, 0.6) is 17.2 Å². The van der Waals surface area contributed by atoms with E-state index in [-0.39, 0.29) is 0 Å². The van der Waals surface area contributed by atoms with Gasteiger partial charge in [0.15, 0.2) is 11.5 Å². The van der Waals surface area contributed by atoms with E-state index in [2.05, 4.69) is 12.2 Å². The average Bonchev–Trinajstić information content (AvgIpc) is 2.42. The second-order valence-corrected chi connectivity index (χ2v) is 4.05. The highest BCUT2D eigenvalue weighted by Gasteiger charge is 2.12. The molecular formula is C14H23NO3. The Hall–Kier alpha value is -1.58. The molecule has 4 heteroatoms. The van der Waals surface area contributed by atoms with Gasteiger partial charge in [0.1, 0.15) is 0 Å². The van der Waals surface area contributed by atoms with Crippen LogP contribution in [0.4, 0.5) is 5.69 Å². The van der Waals surface area contributed by atoms with Crippen LogP contribution in [0.25, 0.3) is 0 Å². The number of anilines is 1. The molecule has 0 bridgehead atoms. The quantitative estimate of drug-likeness (QED) is 0.721. The molecule has 0 atom stereocenters. The summed E-state index contributed by atoms with van der Waals surface area (Å²) >= 11 is 0. The standard InChI is InChI=1S/C14H23NO3/c1-5-6-7-8-15-11-9-12(16-2)14(18-4)13(10-11)17-3/h9-10,15H,5-8H2,1-4H3. The van der Waals surface area contributed by atoms with Crippen molar-refractivity contribution >= 4 is 5.69 Å². The minimum absolute atomic E-state index is 0.624. The van der Waals surface area contributed by atoms with Crippen LogP contribution in [0.1, 0.15) is 26.2 Å². The van der Waals surface area contributed by atoms with Crippen molar-refractivity contribution in [2.24, 2.45) is 0 Å². The van der Waals surface area contributed by atoms with Crippen molar-refractivity contribution in [3.05, 3.63) is 12.1 Å². The first-order valence-electron chi connectivity index (χ1n) is 6.30. The zero-order chi connectivity index (χ0) is 13.4. The second kappa shape index (κ2) is 7.69. The van der Waals surface area contributed by atoms with Gasteiger partial charge in [0.25, 0.3) is 0 Å². The molecule has 0 aliphatic carbocycles. The predicted molar refractivity (Wildman–Crippen MR) is 74.1 cm³/mol. The third-order valence-electron chi connectivity index (χ3n) is 2.77. The summed E-state index contributed by atoms with van der Waals surface area (Å²) in [4.78, 5) is 0. The van der Waals surface area contributed by atoms with Gasteiger partial charge in [0.05, 0.1) is 21.3 Å². The molecule has 0 aromatic heterocycles. The van der Waals surface area contributed by atoms with Crippen LogP contribution in [0.2, 0.25) is 0 Å². The van der Waals surface area contributed by atoms with Crippen molar-refractivity contribution in [3.63, 3.8) is 0 Å². The molecular weight excluding hydrogens is 230 g/mol. The van der Waals surface area contributed by atoms with Crippen LogP contribution in [0, 0.1) is 0 Å². The van der Waals surface area contributed by atoms with Gasteiger partial charge in [0.2, 0.25) is 5.75 Å². The summed E-state index contributed by atoms with van der Waals surface area (Å²) in [6, 6.07) is 3.85. The summed E-state index contributed by atoms with van der Waals surface area (Å²) in [6.07, 6.45) is 3.61. The molecule has 0 aliphatic rings. The van der Waals surface area contributed by atoms with E-state index in [1.807, 2.05) is 12.1 Å². The smallest absolute Gasteiger partial charge is 0.203 e. The van der Waals surface area contributed by atoms with Crippen molar-refractivity contribution in [1.29, 1.82) is 0 Å². The number of benzene rings is 1. The summed E-state index contributed by atoms with van der Waals surface area (Å²) in [5, 5.41) is 3.36. The lowest BCUT2D eigenvalue weighted by molar-refractivity contribution is 0.324. The number of unbranched alkanes of at least 4 members (excludes halogenated alkanes) is 2. The van der Waals surface area contributed by atoms with Crippen LogP contribution >= 0.6 is 0 Å². The van der Waals surface area contributed by atoms with Crippen LogP contribution in [-0.2, 0) is 0 Å². The van der Waals surface area contributed by atoms with Gasteiger partial charge in [-0.2, -0.15) is 0 Å². The Kier molecular flexibility index (Phi) is 6.19. The van der Waals surface area contributed by atoms with E-state index < -0.39 is 0 Å². The summed E-state index contributed by atoms with van der Waals surface area (Å²) in [6.45, 7) is 3.14. The zero-order valence-electron chi connectivity index (χ0n) is 11.7. The van der Waals surface area contributed by atoms with Crippen molar-refractivity contribution in [3.8, 4) is 17.2 Å². The van der Waals surface area contributed by atoms with E-state index in [9.17, 15) is 0 Å². The second-order valence-electron chi connectivity index (χ2n) is 4.05. The van der Waals surface area contributed by atoms with Crippen molar-refractivity contribution in [2.45, 2.75) is 26.2 Å². The highest BCUT2D eigenvalue weighted by molar-refractivity contribution is 5.62. The Morgan fingerprint density at radius 1 is 0.944 bits per heavy atom. The molecule has 0 spiro atoms. The monoisotopic (exact) mass is 253 g/mol. The molecule has 0 saturated carbocycles. The number of ether oxygens (including phenoxy) is 3. The fraction of sp³-hybridized carbons (Fsp3) is 0.571. The van der Waals surface area contributed by atoms with Gasteiger partial charge in [-0.25, -0.2) is 0 Å². The molecule has 0 radical (unpaired) electrons. The third kappa shape index (κ3) is 3.72. The topological polar surface area (TPSA) is 39.7 Å². The predicted octanol–water partition coefficient (Wildman–Crippen LogP) is 3.31. The molecule has 0 saturated heterocycles. The maximum absolute atomic E-state index is 5.30. The molecule has 1 aromatic carbocycles. The first-order valence-corrected chi connectivity index (χ1v) is 6.30. The van der Waals surface area contributed by atoms with E-state index in [1.165, 1.54) is 12.8 Å². The van der Waals surface area contributed by atoms with Crippen molar-refractivity contribution in [2.75, 3.05) is 33.2 Å². The van der Waals surface area contributed by atoms with Crippen LogP contribution < -0.4 is 19.5 Å². The molecule has 0 aliphatic heterocycles. The Morgan fingerprint density at radius 3 is 2.00 bits per heavy atom. The maximum atomic E-state index is 5.30. The number of methoxy groups -OCH3 is 3. The molecule has 0 unspecified atom stereocenters. The number of hydrogen-bond donors (Lipinski definition) is 1. The summed E-state index contributed by atoms with van der Waals surface area (Å²) in [5.74, 6) is 1.98. The van der Waals surface area contributed by atoms with Gasteiger partial charge < -0.3 is 19.5 Å². The van der Waals surface area contributed by atoms with Gasteiger partial charge in [-0.05, 0) is 6.42 Å². The Bertz CT molecular complexity index is 341. The van der Waals surface area contributed by atoms with Crippen LogP contribution in [-0.4, -0.2) is 27.9 Å². The summed E-state index contributed by atoms with van der Waals surface area (Å²) in [5.41, 5.74) is 0.987. The first kappa shape index (κ1) is 14.5. The molecule has 1 aromatic rings. The zero-order valence-corrected chi connectivity index (χ0v) is 11.7. The SMILES string of the molecule is CCCCCNc1cc(OC)c(OC)c(OC)c1. The van der Waals surface area contributed by atoms with E-state index >= 15 is 0 Å². The minimum atomic E-state index is 0.624. The molecule has 0 amide bonds. The van der Waals surface area contributed by atoms with Gasteiger partial charge in [-0.15, -0.1) is 0 Å². The Balaban J connectivity index is 2.80. The molecule has 4 nitrogen and oxygen atoms in total. The van der Waals surface area contributed by atoms with Crippen LogP contribution in [0.3, 0.4) is 0 Å². The molecule has 1 rings (SSSR count). The highest BCUT2D eigenvalue weighted by Crippen LogP contribution is 2.39. The van der Waals surface area contributed by atoms with E-state index in [1.54, 1.807) is 21.3 Å². The molecule has 18 heavy (non-hydrogen) atoms. The number of hydrogen-bond acceptors (Lipinski definition) is 4. The first-order chi connectivity index (χ1) is 8.76. The van der Waals surface area contributed by atoms with Gasteiger partial charge in [0, 0.05) is 24.4 Å². The molecule has 102 valence electrons. The van der Waals surface area contributed by atoms with Gasteiger partial charge >= 0.3 is 0 Å². The summed E-state index contributed by atoms with van der Waals surface area (Å²) < 4.78 is 15.9. The molecule has 0 fully saturated rings. The third-order valence-corrected chi connectivity index (χ3v) is 2.77. The maximum Gasteiger partial charge on any atom is 0.203 e. The lowest BCUT2D eigenvalue weighted by Gasteiger charge is -2.15. The van der Waals surface area contributed by atoms with Gasteiger partial charge in [-0.1, -0.05) is 19.8 Å². The number of rotatable bonds is 8. The number of nitrogens with one attached hydrogen (secondary N) is 1. The fourth-order valence-corrected chi connectivity index (χ4v) is 1.79. The average molecular weight is 253 g/mol. The Labute approximate surface area is 109 Å². The highest BCUT2D eigenvalue weighted by atomic mass is 16.5. The summed E-state index contributed by atoms with van der Waals surface area (Å²) in [7, 11) is 4.85. The van der Waals surface area contributed by atoms with Crippen molar-refractivity contribution < 1.29 is 14.2 Å². The van der Waals surface area contributed by atoms with Crippen molar-refractivity contribution in [1.82, 2.24) is 0 Å². The molecule has 1 N–H and O–H groups in total. The van der Waals surface area contributed by atoms with Crippen LogP contribution in [0.15, 0.2) is 12.1 Å².